The first-order chi connectivity index (χ1) is 13.6. The molecule has 2 aromatic heterocycles. The number of nitrogens with zero attached hydrogens (tertiary/aromatic N) is 5. The van der Waals surface area contributed by atoms with Crippen LogP contribution in [0.2, 0.25) is 0 Å². The van der Waals surface area contributed by atoms with Crippen molar-refractivity contribution in [1.29, 1.82) is 0 Å². The first-order valence-corrected chi connectivity index (χ1v) is 9.39. The highest BCUT2D eigenvalue weighted by Gasteiger charge is 2.21. The third-order valence-corrected chi connectivity index (χ3v) is 5.09. The van der Waals surface area contributed by atoms with Crippen molar-refractivity contribution in [3.05, 3.63) is 53.6 Å². The van der Waals surface area contributed by atoms with E-state index in [9.17, 15) is 4.79 Å². The van der Waals surface area contributed by atoms with Crippen molar-refractivity contribution < 1.29 is 14.3 Å². The highest BCUT2D eigenvalue weighted by molar-refractivity contribution is 5.98. The summed E-state index contributed by atoms with van der Waals surface area (Å²) in [6, 6.07) is 9.24. The minimum Gasteiger partial charge on any atom is -0.485 e. The number of tetrazole rings is 1. The van der Waals surface area contributed by atoms with Gasteiger partial charge in [0.15, 0.2) is 6.61 Å². The number of aromatic nitrogens is 5. The largest absolute Gasteiger partial charge is 0.485 e. The SMILES string of the molecule is Cc1cc(C(=O)COc2cccc(-n3cnnn3)c2)c(C)n1CC1CCCO1. The Morgan fingerprint density at radius 3 is 2.96 bits per heavy atom. The van der Waals surface area contributed by atoms with E-state index in [0.29, 0.717) is 11.3 Å². The fraction of sp³-hybridized carbons (Fsp3) is 0.400. The molecule has 28 heavy (non-hydrogen) atoms. The molecular weight excluding hydrogens is 358 g/mol. The van der Waals surface area contributed by atoms with Crippen LogP contribution in [0.25, 0.3) is 5.69 Å². The molecule has 1 aromatic carbocycles. The Kier molecular flexibility index (Phi) is 5.21. The van der Waals surface area contributed by atoms with Crippen molar-refractivity contribution in [2.45, 2.75) is 39.3 Å². The maximum absolute atomic E-state index is 12.7. The maximum Gasteiger partial charge on any atom is 0.202 e. The van der Waals surface area contributed by atoms with Gasteiger partial charge < -0.3 is 14.0 Å². The number of ether oxygens (including phenoxy) is 2. The van der Waals surface area contributed by atoms with Crippen LogP contribution >= 0.6 is 0 Å². The second-order valence-corrected chi connectivity index (χ2v) is 6.99. The molecule has 0 N–H and O–H groups in total. The lowest BCUT2D eigenvalue weighted by atomic mass is 10.1. The lowest BCUT2D eigenvalue weighted by molar-refractivity contribution is 0.0914. The van der Waals surface area contributed by atoms with Gasteiger partial charge in [-0.3, -0.25) is 4.79 Å². The summed E-state index contributed by atoms with van der Waals surface area (Å²) < 4.78 is 15.2. The van der Waals surface area contributed by atoms with Gasteiger partial charge in [-0.2, -0.15) is 0 Å². The lowest BCUT2D eigenvalue weighted by Crippen LogP contribution is -2.18. The van der Waals surface area contributed by atoms with Gasteiger partial charge in [0.25, 0.3) is 0 Å². The van der Waals surface area contributed by atoms with Gasteiger partial charge in [0.2, 0.25) is 5.78 Å². The Bertz CT molecular complexity index is 958. The molecule has 4 rings (SSSR count). The first-order valence-electron chi connectivity index (χ1n) is 9.39. The van der Waals surface area contributed by atoms with Crippen LogP contribution in [0.4, 0.5) is 0 Å². The van der Waals surface area contributed by atoms with E-state index < -0.39 is 0 Å². The van der Waals surface area contributed by atoms with E-state index in [1.165, 1.54) is 11.0 Å². The van der Waals surface area contributed by atoms with E-state index >= 15 is 0 Å². The Labute approximate surface area is 163 Å². The third-order valence-electron chi connectivity index (χ3n) is 5.09. The molecule has 1 saturated heterocycles. The number of rotatable bonds is 7. The summed E-state index contributed by atoms with van der Waals surface area (Å²) in [5, 5.41) is 11.1. The summed E-state index contributed by atoms with van der Waals surface area (Å²) in [5.41, 5.74) is 3.50. The van der Waals surface area contributed by atoms with Crippen molar-refractivity contribution in [2.75, 3.05) is 13.2 Å². The zero-order valence-corrected chi connectivity index (χ0v) is 16.0. The van der Waals surface area contributed by atoms with Gasteiger partial charge in [-0.05, 0) is 55.3 Å². The molecule has 0 radical (unpaired) electrons. The monoisotopic (exact) mass is 381 g/mol. The standard InChI is InChI=1S/C20H23N5O3/c1-14-9-19(15(2)24(14)11-18-7-4-8-27-18)20(26)12-28-17-6-3-5-16(10-17)25-13-21-22-23-25/h3,5-6,9-10,13,18H,4,7-8,11-12H2,1-2H3. The molecule has 8 nitrogen and oxygen atoms in total. The fourth-order valence-electron chi connectivity index (χ4n) is 3.58. The van der Waals surface area contributed by atoms with Gasteiger partial charge in [0.05, 0.1) is 11.8 Å². The van der Waals surface area contributed by atoms with Crippen LogP contribution in [0.3, 0.4) is 0 Å². The van der Waals surface area contributed by atoms with Crippen LogP contribution < -0.4 is 4.74 Å². The molecule has 8 heteroatoms. The molecule has 0 amide bonds. The van der Waals surface area contributed by atoms with E-state index in [0.717, 1.165) is 43.1 Å². The van der Waals surface area contributed by atoms with Crippen molar-refractivity contribution in [2.24, 2.45) is 0 Å². The van der Waals surface area contributed by atoms with Gasteiger partial charge in [0, 0.05) is 36.2 Å². The predicted octanol–water partition coefficient (Wildman–Crippen LogP) is 2.52. The summed E-state index contributed by atoms with van der Waals surface area (Å²) in [7, 11) is 0. The lowest BCUT2D eigenvalue weighted by Gasteiger charge is -2.14. The van der Waals surface area contributed by atoms with Crippen LogP contribution in [-0.2, 0) is 11.3 Å². The Morgan fingerprint density at radius 2 is 2.21 bits per heavy atom. The normalized spacial score (nSPS) is 16.4. The molecular formula is C20H23N5O3. The van der Waals surface area contributed by atoms with Gasteiger partial charge in [-0.1, -0.05) is 6.07 Å². The third kappa shape index (κ3) is 3.82. The highest BCUT2D eigenvalue weighted by atomic mass is 16.5. The van der Waals surface area contributed by atoms with Gasteiger partial charge in [-0.25, -0.2) is 4.68 Å². The van der Waals surface area contributed by atoms with Gasteiger partial charge in [-0.15, -0.1) is 5.10 Å². The van der Waals surface area contributed by atoms with E-state index in [-0.39, 0.29) is 18.5 Å². The van der Waals surface area contributed by atoms with Crippen LogP contribution in [0, 0.1) is 13.8 Å². The second-order valence-electron chi connectivity index (χ2n) is 6.99. The molecule has 3 aromatic rings. The van der Waals surface area contributed by atoms with E-state index in [4.69, 9.17) is 9.47 Å². The zero-order chi connectivity index (χ0) is 19.5. The highest BCUT2D eigenvalue weighted by Crippen LogP contribution is 2.21. The molecule has 0 saturated carbocycles. The second kappa shape index (κ2) is 7.93. The number of carbonyl (C=O) groups is 1. The first kappa shape index (κ1) is 18.4. The van der Waals surface area contributed by atoms with Crippen LogP contribution in [0.5, 0.6) is 5.75 Å². The van der Waals surface area contributed by atoms with Crippen LogP contribution in [-0.4, -0.2) is 49.9 Å². The molecule has 1 atom stereocenters. The molecule has 146 valence electrons. The molecule has 0 aliphatic carbocycles. The van der Waals surface area contributed by atoms with Crippen LogP contribution in [0.1, 0.15) is 34.6 Å². The number of hydrogen-bond acceptors (Lipinski definition) is 6. The zero-order valence-electron chi connectivity index (χ0n) is 16.0. The number of benzene rings is 1. The molecule has 1 aliphatic rings. The Morgan fingerprint density at radius 1 is 1.32 bits per heavy atom. The Balaban J connectivity index is 1.43. The van der Waals surface area contributed by atoms with Crippen molar-refractivity contribution in [3.8, 4) is 11.4 Å². The van der Waals surface area contributed by atoms with E-state index in [2.05, 4.69) is 20.1 Å². The van der Waals surface area contributed by atoms with E-state index in [1.54, 1.807) is 6.07 Å². The summed E-state index contributed by atoms with van der Waals surface area (Å²) in [4.78, 5) is 12.7. The van der Waals surface area contributed by atoms with Crippen molar-refractivity contribution in [3.63, 3.8) is 0 Å². The summed E-state index contributed by atoms with van der Waals surface area (Å²) >= 11 is 0. The quantitative estimate of drug-likeness (QED) is 0.585. The fourth-order valence-corrected chi connectivity index (χ4v) is 3.58. The van der Waals surface area contributed by atoms with Crippen molar-refractivity contribution in [1.82, 2.24) is 24.8 Å². The van der Waals surface area contributed by atoms with Crippen LogP contribution in [0.15, 0.2) is 36.7 Å². The van der Waals surface area contributed by atoms with Gasteiger partial charge >= 0.3 is 0 Å². The average molecular weight is 381 g/mol. The van der Waals surface area contributed by atoms with E-state index in [1.807, 2.05) is 38.1 Å². The molecule has 1 aliphatic heterocycles. The van der Waals surface area contributed by atoms with Gasteiger partial charge in [0.1, 0.15) is 12.1 Å². The molecule has 3 heterocycles. The molecule has 1 fully saturated rings. The topological polar surface area (TPSA) is 84.1 Å². The summed E-state index contributed by atoms with van der Waals surface area (Å²) in [5.74, 6) is 0.550. The molecule has 0 spiro atoms. The summed E-state index contributed by atoms with van der Waals surface area (Å²) in [6.07, 6.45) is 3.92. The molecule has 1 unspecified atom stereocenters. The van der Waals surface area contributed by atoms with Crippen molar-refractivity contribution >= 4 is 5.78 Å². The Hall–Kier alpha value is -3.00. The minimum atomic E-state index is -0.0421. The predicted molar refractivity (Wildman–Crippen MR) is 102 cm³/mol. The number of Topliss-reactive ketones (excluding diaryl/α,β-unsaturated/α-hetero) is 1. The minimum absolute atomic E-state index is 0.0245. The smallest absolute Gasteiger partial charge is 0.202 e. The number of aryl methyl sites for hydroxylation is 1. The number of carbonyl (C=O) groups excluding carboxylic acids is 1. The number of ketones is 1. The molecule has 0 bridgehead atoms. The average Bonchev–Trinajstić information content (AvgIpc) is 3.45. The maximum atomic E-state index is 12.7. The summed E-state index contributed by atoms with van der Waals surface area (Å²) in [6.45, 7) is 5.60. The number of hydrogen-bond donors (Lipinski definition) is 0.